The Kier molecular flexibility index (Phi) is 4.89. The van der Waals surface area contributed by atoms with Gasteiger partial charge in [-0.05, 0) is 23.0 Å². The molecule has 4 N–H and O–H groups in total. The van der Waals surface area contributed by atoms with Crippen LogP contribution in [0, 0.1) is 0 Å². The highest BCUT2D eigenvalue weighted by molar-refractivity contribution is 5.85. The smallest absolute Gasteiger partial charge is 0.211 e. The van der Waals surface area contributed by atoms with Crippen LogP contribution in [0.25, 0.3) is 0 Å². The number of nitrogens with two attached hydrogens (primary N) is 2. The molecule has 0 bridgehead atoms. The maximum absolute atomic E-state index is 5.27. The van der Waals surface area contributed by atoms with E-state index in [4.69, 9.17) is 11.5 Å². The molecule has 0 aliphatic carbocycles. The number of hydrogen-bond acceptors (Lipinski definition) is 2. The van der Waals surface area contributed by atoms with Gasteiger partial charge in [0.1, 0.15) is 0 Å². The van der Waals surface area contributed by atoms with Crippen molar-refractivity contribution in [1.29, 1.82) is 0 Å². The number of hydrogen-bond donors (Lipinski definition) is 2. The first-order valence-electron chi connectivity index (χ1n) is 6.18. The van der Waals surface area contributed by atoms with Gasteiger partial charge in [-0.3, -0.25) is 0 Å². The minimum absolute atomic E-state index is 0.0284. The van der Waals surface area contributed by atoms with Crippen LogP contribution in [0.15, 0.2) is 28.4 Å². The van der Waals surface area contributed by atoms with Crippen molar-refractivity contribution in [3.05, 3.63) is 34.9 Å². The molecule has 1 rings (SSSR count). The first-order valence-corrected chi connectivity index (χ1v) is 6.18. The van der Waals surface area contributed by atoms with Crippen LogP contribution in [0.3, 0.4) is 0 Å². The minimum Gasteiger partial charge on any atom is -0.369 e. The van der Waals surface area contributed by atoms with Crippen molar-refractivity contribution in [2.75, 3.05) is 0 Å². The van der Waals surface area contributed by atoms with Crippen molar-refractivity contribution in [3.8, 4) is 0 Å². The van der Waals surface area contributed by atoms with Crippen LogP contribution in [-0.4, -0.2) is 12.2 Å². The molecule has 4 nitrogen and oxygen atoms in total. The summed E-state index contributed by atoms with van der Waals surface area (Å²) in [5.41, 5.74) is 14.2. The van der Waals surface area contributed by atoms with E-state index in [-0.39, 0.29) is 5.96 Å². The summed E-state index contributed by atoms with van der Waals surface area (Å²) in [5, 5.41) is 7.60. The lowest BCUT2D eigenvalue weighted by Crippen LogP contribution is -2.21. The van der Waals surface area contributed by atoms with Gasteiger partial charge in [0.05, 0.1) is 6.21 Å². The lowest BCUT2D eigenvalue weighted by molar-refractivity contribution is 0.830. The molecule has 0 amide bonds. The van der Waals surface area contributed by atoms with Gasteiger partial charge in [-0.1, -0.05) is 45.9 Å². The number of benzene rings is 1. The molecule has 0 saturated carbocycles. The Bertz CT molecular complexity index is 429. The van der Waals surface area contributed by atoms with Crippen LogP contribution in [-0.2, 0) is 0 Å². The highest BCUT2D eigenvalue weighted by atomic mass is 15.3. The molecule has 1 aromatic carbocycles. The van der Waals surface area contributed by atoms with Crippen molar-refractivity contribution in [2.24, 2.45) is 21.7 Å². The summed E-state index contributed by atoms with van der Waals surface area (Å²) in [7, 11) is 0. The predicted molar refractivity (Wildman–Crippen MR) is 78.0 cm³/mol. The lowest BCUT2D eigenvalue weighted by Gasteiger charge is -2.16. The molecule has 0 saturated heterocycles. The molecule has 0 heterocycles. The Morgan fingerprint density at radius 3 is 1.94 bits per heavy atom. The molecule has 0 unspecified atom stereocenters. The van der Waals surface area contributed by atoms with E-state index in [9.17, 15) is 0 Å². The van der Waals surface area contributed by atoms with Gasteiger partial charge in [-0.15, -0.1) is 5.10 Å². The summed E-state index contributed by atoms with van der Waals surface area (Å²) < 4.78 is 0. The molecule has 18 heavy (non-hydrogen) atoms. The maximum Gasteiger partial charge on any atom is 0.211 e. The second-order valence-corrected chi connectivity index (χ2v) is 4.93. The van der Waals surface area contributed by atoms with Crippen LogP contribution in [0.4, 0.5) is 0 Å². The number of guanidine groups is 1. The van der Waals surface area contributed by atoms with Crippen LogP contribution in [0.1, 0.15) is 56.2 Å². The van der Waals surface area contributed by atoms with Crippen molar-refractivity contribution < 1.29 is 0 Å². The largest absolute Gasteiger partial charge is 0.369 e. The van der Waals surface area contributed by atoms with E-state index in [2.05, 4.69) is 56.1 Å². The molecular weight excluding hydrogens is 224 g/mol. The highest BCUT2D eigenvalue weighted by Crippen LogP contribution is 2.26. The average molecular weight is 246 g/mol. The van der Waals surface area contributed by atoms with E-state index in [0.717, 1.165) is 5.56 Å². The fourth-order valence-electron chi connectivity index (χ4n) is 1.91. The first kappa shape index (κ1) is 14.2. The molecule has 98 valence electrons. The Morgan fingerprint density at radius 2 is 1.56 bits per heavy atom. The van der Waals surface area contributed by atoms with Gasteiger partial charge in [0, 0.05) is 5.56 Å². The number of rotatable bonds is 4. The fraction of sp³-hybridized carbons (Fsp3) is 0.429. The summed E-state index contributed by atoms with van der Waals surface area (Å²) >= 11 is 0. The van der Waals surface area contributed by atoms with E-state index >= 15 is 0 Å². The van der Waals surface area contributed by atoms with E-state index < -0.39 is 0 Å². The summed E-state index contributed by atoms with van der Waals surface area (Å²) in [6.07, 6.45) is 1.74. The zero-order valence-corrected chi connectivity index (χ0v) is 11.5. The third-order valence-electron chi connectivity index (χ3n) is 2.78. The lowest BCUT2D eigenvalue weighted by atomic mass is 9.89. The molecular formula is C14H22N4. The van der Waals surface area contributed by atoms with Crippen LogP contribution >= 0.6 is 0 Å². The summed E-state index contributed by atoms with van der Waals surface area (Å²) in [6.45, 7) is 8.66. The third-order valence-corrected chi connectivity index (χ3v) is 2.78. The maximum atomic E-state index is 5.27. The second-order valence-electron chi connectivity index (χ2n) is 4.93. The molecule has 1 aromatic rings. The van der Waals surface area contributed by atoms with Gasteiger partial charge in [0.2, 0.25) is 5.96 Å². The normalized spacial score (nSPS) is 11.4. The standard InChI is InChI=1S/C14H22N4/c1-9(2)11-6-5-7-12(10(3)4)13(11)8-17-18-14(15)16/h5-10H,1-4H3,(H4,15,16,18). The fourth-order valence-corrected chi connectivity index (χ4v) is 1.91. The Morgan fingerprint density at radius 1 is 1.06 bits per heavy atom. The van der Waals surface area contributed by atoms with E-state index in [1.165, 1.54) is 11.1 Å². The quantitative estimate of drug-likeness (QED) is 0.486. The monoisotopic (exact) mass is 246 g/mol. The van der Waals surface area contributed by atoms with Gasteiger partial charge < -0.3 is 11.5 Å². The molecule has 0 atom stereocenters. The van der Waals surface area contributed by atoms with E-state index in [1.807, 2.05) is 0 Å². The topological polar surface area (TPSA) is 76.8 Å². The third kappa shape index (κ3) is 3.58. The highest BCUT2D eigenvalue weighted by Gasteiger charge is 2.11. The molecule has 0 aliphatic rings. The van der Waals surface area contributed by atoms with Crippen LogP contribution in [0.5, 0.6) is 0 Å². The average Bonchev–Trinajstić information content (AvgIpc) is 2.28. The molecule has 0 fully saturated rings. The first-order chi connectivity index (χ1) is 8.43. The van der Waals surface area contributed by atoms with E-state index in [1.54, 1.807) is 6.21 Å². The van der Waals surface area contributed by atoms with E-state index in [0.29, 0.717) is 11.8 Å². The Hall–Kier alpha value is -1.84. The molecule has 4 heteroatoms. The van der Waals surface area contributed by atoms with Crippen LogP contribution < -0.4 is 11.5 Å². The van der Waals surface area contributed by atoms with Gasteiger partial charge in [-0.2, -0.15) is 5.10 Å². The van der Waals surface area contributed by atoms with Crippen molar-refractivity contribution >= 4 is 12.2 Å². The zero-order valence-electron chi connectivity index (χ0n) is 11.5. The summed E-state index contributed by atoms with van der Waals surface area (Å²) in [5.74, 6) is 0.841. The summed E-state index contributed by atoms with van der Waals surface area (Å²) in [4.78, 5) is 0. The molecule has 0 aliphatic heterocycles. The second kappa shape index (κ2) is 6.19. The van der Waals surface area contributed by atoms with Crippen molar-refractivity contribution in [2.45, 2.75) is 39.5 Å². The summed E-state index contributed by atoms with van der Waals surface area (Å²) in [6, 6.07) is 6.32. The van der Waals surface area contributed by atoms with Gasteiger partial charge in [0.25, 0.3) is 0 Å². The van der Waals surface area contributed by atoms with Crippen molar-refractivity contribution in [1.82, 2.24) is 0 Å². The van der Waals surface area contributed by atoms with Gasteiger partial charge in [0.15, 0.2) is 0 Å². The van der Waals surface area contributed by atoms with Gasteiger partial charge in [-0.25, -0.2) is 0 Å². The van der Waals surface area contributed by atoms with Crippen molar-refractivity contribution in [3.63, 3.8) is 0 Å². The zero-order chi connectivity index (χ0) is 13.7. The molecule has 0 spiro atoms. The van der Waals surface area contributed by atoms with Gasteiger partial charge >= 0.3 is 0 Å². The predicted octanol–water partition coefficient (Wildman–Crippen LogP) is 2.54. The van der Waals surface area contributed by atoms with Crippen LogP contribution in [0.2, 0.25) is 0 Å². The SMILES string of the molecule is CC(C)c1cccc(C(C)C)c1C=NN=C(N)N. The minimum atomic E-state index is -0.0284. The number of nitrogens with zero attached hydrogens (tertiary/aromatic N) is 2. The molecule has 0 aromatic heterocycles. The Labute approximate surface area is 109 Å². The Balaban J connectivity index is 3.27. The molecule has 0 radical (unpaired) electrons.